The maximum absolute atomic E-state index is 13.8. The van der Waals surface area contributed by atoms with Gasteiger partial charge in [-0.15, -0.1) is 0 Å². The van der Waals surface area contributed by atoms with Crippen LogP contribution in [-0.2, 0) is 19.1 Å². The van der Waals surface area contributed by atoms with Crippen molar-refractivity contribution in [2.45, 2.75) is 38.5 Å². The molecule has 2 aliphatic rings. The second-order valence-corrected chi connectivity index (χ2v) is 10.1. The number of benzene rings is 2. The lowest BCUT2D eigenvalue weighted by atomic mass is 9.72. The van der Waals surface area contributed by atoms with Gasteiger partial charge in [0.2, 0.25) is 0 Å². The quantitative estimate of drug-likeness (QED) is 0.339. The molecule has 0 saturated carbocycles. The maximum Gasteiger partial charge on any atom is 0.336 e. The molecule has 0 spiro atoms. The Morgan fingerprint density at radius 2 is 1.87 bits per heavy atom. The van der Waals surface area contributed by atoms with Crippen LogP contribution in [0, 0.1) is 6.92 Å². The Morgan fingerprint density at radius 3 is 2.63 bits per heavy atom. The molecule has 3 aromatic rings. The largest absolute Gasteiger partial charge is 0.464 e. The van der Waals surface area contributed by atoms with Crippen molar-refractivity contribution in [2.24, 2.45) is 0 Å². The van der Waals surface area contributed by atoms with Crippen molar-refractivity contribution in [2.75, 3.05) is 20.3 Å². The second-order valence-electron chi connectivity index (χ2n) is 9.69. The van der Waals surface area contributed by atoms with Gasteiger partial charge in [0.25, 0.3) is 0 Å². The van der Waals surface area contributed by atoms with E-state index in [1.165, 1.54) is 13.4 Å². The molecule has 1 N–H and O–H groups in total. The minimum Gasteiger partial charge on any atom is -0.464 e. The van der Waals surface area contributed by atoms with E-state index in [9.17, 15) is 14.4 Å². The fourth-order valence-corrected chi connectivity index (χ4v) is 5.69. The molecule has 1 aliphatic heterocycles. The smallest absolute Gasteiger partial charge is 0.336 e. The molecule has 1 aromatic heterocycles. The number of methoxy groups -OCH3 is 1. The van der Waals surface area contributed by atoms with Crippen LogP contribution in [-0.4, -0.2) is 32.1 Å². The third-order valence-corrected chi connectivity index (χ3v) is 7.52. The van der Waals surface area contributed by atoms with Gasteiger partial charge in [-0.1, -0.05) is 41.4 Å². The summed E-state index contributed by atoms with van der Waals surface area (Å²) in [4.78, 5) is 41.0. The topological polar surface area (TPSA) is 94.8 Å². The van der Waals surface area contributed by atoms with Crippen LogP contribution in [0.15, 0.2) is 80.5 Å². The monoisotopic (exact) mass is 533 g/mol. The summed E-state index contributed by atoms with van der Waals surface area (Å²) in [6.45, 7) is 3.90. The van der Waals surface area contributed by atoms with E-state index in [4.69, 9.17) is 25.5 Å². The highest BCUT2D eigenvalue weighted by Crippen LogP contribution is 2.46. The average molecular weight is 534 g/mol. The van der Waals surface area contributed by atoms with E-state index in [1.807, 2.05) is 37.3 Å². The van der Waals surface area contributed by atoms with Crippen molar-refractivity contribution in [3.05, 3.63) is 103 Å². The number of Topliss-reactive ketones (excluding diaryl/α,β-unsaturated/α-hetero) is 1. The van der Waals surface area contributed by atoms with Crippen LogP contribution in [0.3, 0.4) is 0 Å². The third kappa shape index (κ3) is 4.68. The van der Waals surface area contributed by atoms with Crippen LogP contribution in [0.1, 0.15) is 48.3 Å². The zero-order chi connectivity index (χ0) is 27.0. The van der Waals surface area contributed by atoms with Gasteiger partial charge < -0.3 is 19.2 Å². The number of allylic oxidation sites excluding steroid dienone is 3. The fraction of sp³-hybridized carbons (Fsp3) is 0.300. The summed E-state index contributed by atoms with van der Waals surface area (Å²) in [6, 6.07) is 12.8. The van der Waals surface area contributed by atoms with Crippen molar-refractivity contribution >= 4 is 34.3 Å². The first-order valence-corrected chi connectivity index (χ1v) is 12.8. The predicted octanol–water partition coefficient (Wildman–Crippen LogP) is 5.31. The lowest BCUT2D eigenvalue weighted by Gasteiger charge is -2.36. The first kappa shape index (κ1) is 25.9. The van der Waals surface area contributed by atoms with Gasteiger partial charge in [-0.3, -0.25) is 9.59 Å². The van der Waals surface area contributed by atoms with E-state index in [0.717, 1.165) is 11.1 Å². The van der Waals surface area contributed by atoms with Crippen LogP contribution in [0.5, 0.6) is 0 Å². The molecule has 196 valence electrons. The van der Waals surface area contributed by atoms with Crippen molar-refractivity contribution < 1.29 is 23.5 Å². The van der Waals surface area contributed by atoms with Crippen molar-refractivity contribution in [3.8, 4) is 0 Å². The van der Waals surface area contributed by atoms with Crippen LogP contribution < -0.4 is 10.7 Å². The molecule has 7 nitrogen and oxygen atoms in total. The number of carbonyl (C=O) groups excluding carboxylic acids is 2. The highest BCUT2D eigenvalue weighted by atomic mass is 35.5. The van der Waals surface area contributed by atoms with Gasteiger partial charge in [-0.25, -0.2) is 4.79 Å². The second kappa shape index (κ2) is 10.6. The molecule has 2 heterocycles. The highest BCUT2D eigenvalue weighted by Gasteiger charge is 2.43. The van der Waals surface area contributed by atoms with Crippen molar-refractivity contribution in [1.29, 1.82) is 0 Å². The van der Waals surface area contributed by atoms with Crippen molar-refractivity contribution in [1.82, 2.24) is 5.32 Å². The average Bonchev–Trinajstić information content (AvgIpc) is 2.89. The van der Waals surface area contributed by atoms with Gasteiger partial charge in [0, 0.05) is 41.1 Å². The maximum atomic E-state index is 13.8. The first-order valence-electron chi connectivity index (χ1n) is 12.5. The van der Waals surface area contributed by atoms with E-state index in [0.29, 0.717) is 39.4 Å². The van der Waals surface area contributed by atoms with Crippen LogP contribution >= 0.6 is 11.6 Å². The Bertz CT molecular complexity index is 1570. The summed E-state index contributed by atoms with van der Waals surface area (Å²) in [5, 5.41) is 4.28. The number of rotatable bonds is 6. The standard InChI is InChI=1S/C30H28ClNO6/c1-16-8-9-25-20(12-16)29(34)21(15-38-25)27-26(30(35)37-11-10-36-3)17(2)32-23-13-18(14-24(33)28(23)27)19-6-4-5-7-22(19)31/h4-9,12,15,18,27,32H,10-11,13-14H2,1-3H3. The third-order valence-electron chi connectivity index (χ3n) is 7.18. The summed E-state index contributed by atoms with van der Waals surface area (Å²) in [6.07, 6.45) is 2.07. The molecular formula is C30H28ClNO6. The lowest BCUT2D eigenvalue weighted by Crippen LogP contribution is -2.37. The van der Waals surface area contributed by atoms with Crippen LogP contribution in [0.25, 0.3) is 11.0 Å². The SMILES string of the molecule is COCCOC(=O)C1=C(C)NC2=C(C(=O)CC(c3ccccc3Cl)C2)C1c1coc2ccc(C)cc2c1=O. The molecule has 0 bridgehead atoms. The highest BCUT2D eigenvalue weighted by molar-refractivity contribution is 6.31. The molecule has 38 heavy (non-hydrogen) atoms. The van der Waals surface area contributed by atoms with Crippen molar-refractivity contribution in [3.63, 3.8) is 0 Å². The number of dihydropyridines is 1. The number of carbonyl (C=O) groups is 2. The molecule has 5 rings (SSSR count). The van der Waals surface area contributed by atoms with Crippen LogP contribution in [0.4, 0.5) is 0 Å². The summed E-state index contributed by atoms with van der Waals surface area (Å²) < 4.78 is 16.3. The van der Waals surface area contributed by atoms with Gasteiger partial charge >= 0.3 is 5.97 Å². The van der Waals surface area contributed by atoms with E-state index < -0.39 is 11.9 Å². The number of hydrogen-bond donors (Lipinski definition) is 1. The number of halogens is 1. The van der Waals surface area contributed by atoms with Gasteiger partial charge in [0.1, 0.15) is 12.2 Å². The zero-order valence-corrected chi connectivity index (χ0v) is 22.2. The molecule has 8 heteroatoms. The van der Waals surface area contributed by atoms with E-state index in [2.05, 4.69) is 5.32 Å². The number of fused-ring (bicyclic) bond motifs is 1. The van der Waals surface area contributed by atoms with E-state index >= 15 is 0 Å². The molecule has 2 atom stereocenters. The predicted molar refractivity (Wildman–Crippen MR) is 144 cm³/mol. The summed E-state index contributed by atoms with van der Waals surface area (Å²) in [5.74, 6) is -1.84. The lowest BCUT2D eigenvalue weighted by molar-refractivity contribution is -0.140. The molecular weight excluding hydrogens is 506 g/mol. The van der Waals surface area contributed by atoms with Gasteiger partial charge in [0.05, 0.1) is 29.7 Å². The normalized spacial score (nSPS) is 19.4. The molecule has 0 amide bonds. The van der Waals surface area contributed by atoms with Gasteiger partial charge in [-0.2, -0.15) is 0 Å². The number of ether oxygens (including phenoxy) is 2. The molecule has 0 saturated heterocycles. The molecule has 0 radical (unpaired) electrons. The Kier molecular flexibility index (Phi) is 7.23. The van der Waals surface area contributed by atoms with Crippen LogP contribution in [0.2, 0.25) is 5.02 Å². The first-order chi connectivity index (χ1) is 18.3. The Balaban J connectivity index is 1.66. The Labute approximate surface area is 225 Å². The molecule has 2 unspecified atom stereocenters. The van der Waals surface area contributed by atoms with Gasteiger partial charge in [-0.05, 0) is 49.9 Å². The zero-order valence-electron chi connectivity index (χ0n) is 21.4. The fourth-order valence-electron chi connectivity index (χ4n) is 5.40. The number of aryl methyl sites for hydroxylation is 1. The summed E-state index contributed by atoms with van der Waals surface area (Å²) in [7, 11) is 1.51. The molecule has 0 fully saturated rings. The summed E-state index contributed by atoms with van der Waals surface area (Å²) >= 11 is 6.47. The Hall–Kier alpha value is -3.68. The minimum atomic E-state index is -0.929. The van der Waals surface area contributed by atoms with E-state index in [-0.39, 0.29) is 47.9 Å². The van der Waals surface area contributed by atoms with Gasteiger partial charge in [0.15, 0.2) is 11.2 Å². The number of nitrogens with one attached hydrogen (secondary N) is 1. The number of ketones is 1. The minimum absolute atomic E-state index is 0.0405. The molecule has 2 aromatic carbocycles. The number of esters is 1. The summed E-state index contributed by atoms with van der Waals surface area (Å²) in [5.41, 5.74) is 3.95. The number of hydrogen-bond acceptors (Lipinski definition) is 7. The Morgan fingerprint density at radius 1 is 1.08 bits per heavy atom. The van der Waals surface area contributed by atoms with E-state index in [1.54, 1.807) is 19.1 Å². The molecule has 1 aliphatic carbocycles.